The standard InChI is InChI=1S/C22H23F2N3O4/c23-16-4-6-21(18(24)14-16)31-17-7-11-26(12-8-17)22(28)15-3-5-19(20(13-15)27(29)30)25-9-1-2-10-25/h3-6,13-14,17H,1-2,7-12H2. The first-order valence-corrected chi connectivity index (χ1v) is 10.4. The smallest absolute Gasteiger partial charge is 0.293 e. The van der Waals surface area contributed by atoms with Crippen LogP contribution < -0.4 is 9.64 Å². The van der Waals surface area contributed by atoms with Crippen LogP contribution in [0, 0.1) is 21.7 Å². The molecule has 0 radical (unpaired) electrons. The van der Waals surface area contributed by atoms with Crippen LogP contribution in [0.3, 0.4) is 0 Å². The molecule has 2 aromatic rings. The minimum atomic E-state index is -0.760. The fourth-order valence-electron chi connectivity index (χ4n) is 4.14. The minimum Gasteiger partial charge on any atom is -0.487 e. The summed E-state index contributed by atoms with van der Waals surface area (Å²) in [6.45, 7) is 2.31. The van der Waals surface area contributed by atoms with Crippen molar-refractivity contribution in [3.05, 3.63) is 63.7 Å². The average molecular weight is 431 g/mol. The number of halogens is 2. The van der Waals surface area contributed by atoms with E-state index in [0.29, 0.717) is 31.6 Å². The monoisotopic (exact) mass is 431 g/mol. The molecule has 2 heterocycles. The molecule has 0 N–H and O–H groups in total. The van der Waals surface area contributed by atoms with Crippen molar-refractivity contribution in [1.82, 2.24) is 4.90 Å². The van der Waals surface area contributed by atoms with Crippen molar-refractivity contribution in [3.63, 3.8) is 0 Å². The Kier molecular flexibility index (Phi) is 6.01. The number of nitro groups is 1. The number of nitrogens with zero attached hydrogens (tertiary/aromatic N) is 3. The Balaban J connectivity index is 1.41. The largest absolute Gasteiger partial charge is 0.487 e. The molecule has 0 saturated carbocycles. The average Bonchev–Trinajstić information content (AvgIpc) is 3.30. The molecular formula is C22H23F2N3O4. The zero-order valence-corrected chi connectivity index (χ0v) is 16.9. The van der Waals surface area contributed by atoms with Gasteiger partial charge in [0.05, 0.1) is 4.92 Å². The summed E-state index contributed by atoms with van der Waals surface area (Å²) >= 11 is 0. The summed E-state index contributed by atoms with van der Waals surface area (Å²) in [5, 5.41) is 11.6. The maximum atomic E-state index is 13.8. The van der Waals surface area contributed by atoms with E-state index in [9.17, 15) is 23.7 Å². The summed E-state index contributed by atoms with van der Waals surface area (Å²) in [6.07, 6.45) is 2.66. The molecule has 164 valence electrons. The number of piperidine rings is 1. The third-order valence-electron chi connectivity index (χ3n) is 5.78. The number of carbonyl (C=O) groups is 1. The van der Waals surface area contributed by atoms with Crippen LogP contribution >= 0.6 is 0 Å². The van der Waals surface area contributed by atoms with Crippen molar-refractivity contribution in [2.45, 2.75) is 31.8 Å². The number of amides is 1. The van der Waals surface area contributed by atoms with Crippen LogP contribution in [0.2, 0.25) is 0 Å². The zero-order chi connectivity index (χ0) is 22.0. The molecule has 0 aromatic heterocycles. The molecule has 2 aliphatic heterocycles. The SMILES string of the molecule is O=C(c1ccc(N2CCCC2)c([N+](=O)[O-])c1)N1CCC(Oc2ccc(F)cc2F)CC1. The van der Waals surface area contributed by atoms with Crippen LogP contribution in [0.5, 0.6) is 5.75 Å². The van der Waals surface area contributed by atoms with Gasteiger partial charge in [-0.1, -0.05) is 0 Å². The van der Waals surface area contributed by atoms with Gasteiger partial charge < -0.3 is 14.5 Å². The number of anilines is 1. The quantitative estimate of drug-likeness (QED) is 0.525. The Morgan fingerprint density at radius 1 is 1.03 bits per heavy atom. The topological polar surface area (TPSA) is 75.9 Å². The molecule has 2 fully saturated rings. The highest BCUT2D eigenvalue weighted by atomic mass is 19.1. The van der Waals surface area contributed by atoms with Crippen molar-refractivity contribution in [2.24, 2.45) is 0 Å². The van der Waals surface area contributed by atoms with Crippen LogP contribution in [0.15, 0.2) is 36.4 Å². The summed E-state index contributed by atoms with van der Waals surface area (Å²) in [4.78, 5) is 27.6. The van der Waals surface area contributed by atoms with Gasteiger partial charge in [0.15, 0.2) is 11.6 Å². The number of nitro benzene ring substituents is 1. The van der Waals surface area contributed by atoms with Crippen LogP contribution in [-0.4, -0.2) is 48.0 Å². The summed E-state index contributed by atoms with van der Waals surface area (Å²) < 4.78 is 32.4. The summed E-state index contributed by atoms with van der Waals surface area (Å²) in [6, 6.07) is 7.81. The van der Waals surface area contributed by atoms with E-state index >= 15 is 0 Å². The van der Waals surface area contributed by atoms with E-state index in [0.717, 1.165) is 38.1 Å². The third-order valence-corrected chi connectivity index (χ3v) is 5.78. The number of carbonyl (C=O) groups excluding carboxylic acids is 1. The number of hydrogen-bond donors (Lipinski definition) is 0. The van der Waals surface area contributed by atoms with Crippen molar-refractivity contribution in [2.75, 3.05) is 31.1 Å². The summed E-state index contributed by atoms with van der Waals surface area (Å²) in [5.41, 5.74) is 0.767. The zero-order valence-electron chi connectivity index (χ0n) is 16.9. The van der Waals surface area contributed by atoms with E-state index < -0.39 is 16.6 Å². The molecule has 2 saturated heterocycles. The van der Waals surface area contributed by atoms with Gasteiger partial charge in [-0.2, -0.15) is 0 Å². The summed E-state index contributed by atoms with van der Waals surface area (Å²) in [7, 11) is 0. The van der Waals surface area contributed by atoms with Gasteiger partial charge in [0.25, 0.3) is 11.6 Å². The molecule has 4 rings (SSSR count). The molecule has 0 unspecified atom stereocenters. The van der Waals surface area contributed by atoms with Crippen molar-refractivity contribution < 1.29 is 23.2 Å². The molecular weight excluding hydrogens is 408 g/mol. The van der Waals surface area contributed by atoms with Crippen LogP contribution in [0.25, 0.3) is 0 Å². The molecule has 2 aliphatic rings. The van der Waals surface area contributed by atoms with Gasteiger partial charge in [0.1, 0.15) is 17.6 Å². The molecule has 2 aromatic carbocycles. The highest BCUT2D eigenvalue weighted by Gasteiger charge is 2.28. The molecule has 7 nitrogen and oxygen atoms in total. The van der Waals surface area contributed by atoms with Gasteiger partial charge >= 0.3 is 0 Å². The molecule has 31 heavy (non-hydrogen) atoms. The Hall–Kier alpha value is -3.23. The van der Waals surface area contributed by atoms with Gasteiger partial charge in [0, 0.05) is 56.7 Å². The van der Waals surface area contributed by atoms with Gasteiger partial charge in [-0.05, 0) is 37.1 Å². The van der Waals surface area contributed by atoms with E-state index in [1.54, 1.807) is 17.0 Å². The Labute approximate surface area is 178 Å². The molecule has 1 amide bonds. The highest BCUT2D eigenvalue weighted by molar-refractivity contribution is 5.96. The van der Waals surface area contributed by atoms with Crippen LogP contribution in [0.4, 0.5) is 20.2 Å². The fourth-order valence-corrected chi connectivity index (χ4v) is 4.14. The van der Waals surface area contributed by atoms with Gasteiger partial charge in [-0.3, -0.25) is 14.9 Å². The van der Waals surface area contributed by atoms with Gasteiger partial charge in [-0.25, -0.2) is 8.78 Å². The lowest BCUT2D eigenvalue weighted by atomic mass is 10.1. The first-order valence-electron chi connectivity index (χ1n) is 10.4. The number of ether oxygens (including phenoxy) is 1. The van der Waals surface area contributed by atoms with Crippen molar-refractivity contribution in [3.8, 4) is 5.75 Å². The Bertz CT molecular complexity index is 987. The van der Waals surface area contributed by atoms with E-state index in [-0.39, 0.29) is 29.0 Å². The van der Waals surface area contributed by atoms with Crippen molar-refractivity contribution >= 4 is 17.3 Å². The van der Waals surface area contributed by atoms with E-state index in [1.165, 1.54) is 12.1 Å². The van der Waals surface area contributed by atoms with Crippen LogP contribution in [-0.2, 0) is 0 Å². The Morgan fingerprint density at radius 2 is 1.74 bits per heavy atom. The summed E-state index contributed by atoms with van der Waals surface area (Å²) in [5.74, 6) is -1.72. The predicted octanol–water partition coefficient (Wildman–Crippen LogP) is 4.16. The van der Waals surface area contributed by atoms with E-state index in [1.807, 2.05) is 4.90 Å². The number of benzene rings is 2. The maximum absolute atomic E-state index is 13.8. The second kappa shape index (κ2) is 8.87. The highest BCUT2D eigenvalue weighted by Crippen LogP contribution is 2.32. The van der Waals surface area contributed by atoms with Gasteiger partial charge in [0.2, 0.25) is 0 Å². The first-order chi connectivity index (χ1) is 14.9. The normalized spacial score (nSPS) is 17.1. The lowest BCUT2D eigenvalue weighted by molar-refractivity contribution is -0.384. The lowest BCUT2D eigenvalue weighted by Crippen LogP contribution is -2.41. The van der Waals surface area contributed by atoms with Crippen LogP contribution in [0.1, 0.15) is 36.0 Å². The van der Waals surface area contributed by atoms with E-state index in [2.05, 4.69) is 0 Å². The lowest BCUT2D eigenvalue weighted by Gasteiger charge is -2.32. The molecule has 0 spiro atoms. The molecule has 0 bridgehead atoms. The number of likely N-dealkylation sites (tertiary alicyclic amines) is 1. The maximum Gasteiger partial charge on any atom is 0.293 e. The molecule has 9 heteroatoms. The number of rotatable bonds is 5. The third kappa shape index (κ3) is 4.60. The predicted molar refractivity (Wildman–Crippen MR) is 110 cm³/mol. The van der Waals surface area contributed by atoms with Crippen molar-refractivity contribution in [1.29, 1.82) is 0 Å². The first kappa shape index (κ1) is 21.0. The molecule has 0 atom stereocenters. The van der Waals surface area contributed by atoms with Gasteiger partial charge in [-0.15, -0.1) is 0 Å². The minimum absolute atomic E-state index is 0.0145. The second-order valence-corrected chi connectivity index (χ2v) is 7.84. The Morgan fingerprint density at radius 3 is 2.39 bits per heavy atom. The van der Waals surface area contributed by atoms with E-state index in [4.69, 9.17) is 4.74 Å². The fraction of sp³-hybridized carbons (Fsp3) is 0.409. The second-order valence-electron chi connectivity index (χ2n) is 7.84. The molecule has 0 aliphatic carbocycles. The number of hydrogen-bond acceptors (Lipinski definition) is 5.